The molecule has 3 aromatic rings. The molecule has 1 saturated heterocycles. The van der Waals surface area contributed by atoms with Gasteiger partial charge in [-0.15, -0.1) is 0 Å². The van der Waals surface area contributed by atoms with Gasteiger partial charge in [0.25, 0.3) is 0 Å². The van der Waals surface area contributed by atoms with E-state index in [1.165, 1.54) is 19.3 Å². The van der Waals surface area contributed by atoms with Gasteiger partial charge in [-0.1, -0.05) is 12.1 Å². The van der Waals surface area contributed by atoms with E-state index in [-0.39, 0.29) is 0 Å². The number of aromatic nitrogens is 3. The number of rotatable bonds is 2. The van der Waals surface area contributed by atoms with Crippen molar-refractivity contribution in [3.63, 3.8) is 0 Å². The van der Waals surface area contributed by atoms with Gasteiger partial charge < -0.3 is 15.2 Å². The summed E-state index contributed by atoms with van der Waals surface area (Å²) in [6, 6.07) is 10.2. The number of nitrogen functional groups attached to an aromatic ring is 1. The van der Waals surface area contributed by atoms with Gasteiger partial charge in [0.1, 0.15) is 17.8 Å². The molecule has 0 saturated carbocycles. The summed E-state index contributed by atoms with van der Waals surface area (Å²) in [5, 5.41) is 1.13. The number of aryl methyl sites for hydroxylation is 1. The first-order valence-electron chi connectivity index (χ1n) is 8.15. The molecule has 0 bridgehead atoms. The molecule has 0 unspecified atom stereocenters. The van der Waals surface area contributed by atoms with Crippen LogP contribution in [0.15, 0.2) is 36.7 Å². The van der Waals surface area contributed by atoms with Gasteiger partial charge in [-0.25, -0.2) is 9.97 Å². The molecule has 0 atom stereocenters. The molecule has 0 aliphatic carbocycles. The highest BCUT2D eigenvalue weighted by molar-refractivity contribution is 5.92. The first-order valence-corrected chi connectivity index (χ1v) is 8.15. The first-order chi connectivity index (χ1) is 11.2. The van der Waals surface area contributed by atoms with Crippen LogP contribution in [-0.2, 0) is 7.05 Å². The number of piperidine rings is 1. The Hall–Kier alpha value is -2.56. The van der Waals surface area contributed by atoms with E-state index in [9.17, 15) is 0 Å². The zero-order valence-electron chi connectivity index (χ0n) is 13.4. The molecule has 0 radical (unpaired) electrons. The highest BCUT2D eigenvalue weighted by atomic mass is 15.2. The molecule has 23 heavy (non-hydrogen) atoms. The molecule has 5 nitrogen and oxygen atoms in total. The second-order valence-electron chi connectivity index (χ2n) is 6.19. The summed E-state index contributed by atoms with van der Waals surface area (Å²) in [6.45, 7) is 2.16. The summed E-state index contributed by atoms with van der Waals surface area (Å²) in [5.41, 5.74) is 9.84. The molecule has 2 N–H and O–H groups in total. The minimum absolute atomic E-state index is 0.779. The highest BCUT2D eigenvalue weighted by Crippen LogP contribution is 2.32. The quantitative estimate of drug-likeness (QED) is 0.739. The third-order valence-electron chi connectivity index (χ3n) is 4.66. The number of benzene rings is 1. The summed E-state index contributed by atoms with van der Waals surface area (Å²) in [5.74, 6) is 1.06. The number of nitrogens with two attached hydrogens (primary N) is 1. The summed E-state index contributed by atoms with van der Waals surface area (Å²) in [7, 11) is 2.06. The molecule has 2 aromatic heterocycles. The Labute approximate surface area is 135 Å². The maximum atomic E-state index is 5.80. The fourth-order valence-corrected chi connectivity index (χ4v) is 3.41. The van der Waals surface area contributed by atoms with Gasteiger partial charge in [0.05, 0.1) is 11.1 Å². The number of nitrogens with zero attached hydrogens (tertiary/aromatic N) is 4. The van der Waals surface area contributed by atoms with Crippen molar-refractivity contribution < 1.29 is 0 Å². The van der Waals surface area contributed by atoms with Crippen molar-refractivity contribution in [3.05, 3.63) is 36.7 Å². The lowest BCUT2D eigenvalue weighted by Crippen LogP contribution is -2.30. The van der Waals surface area contributed by atoms with Crippen LogP contribution < -0.4 is 10.6 Å². The van der Waals surface area contributed by atoms with Gasteiger partial charge in [0.15, 0.2) is 0 Å². The molecular weight excluding hydrogens is 286 g/mol. The third-order valence-corrected chi connectivity index (χ3v) is 4.66. The monoisotopic (exact) mass is 307 g/mol. The van der Waals surface area contributed by atoms with Crippen LogP contribution >= 0.6 is 0 Å². The Balaban J connectivity index is 1.85. The van der Waals surface area contributed by atoms with Gasteiger partial charge in [-0.05, 0) is 43.0 Å². The van der Waals surface area contributed by atoms with Crippen LogP contribution in [0.4, 0.5) is 11.5 Å². The van der Waals surface area contributed by atoms with Crippen molar-refractivity contribution >= 4 is 22.5 Å². The Morgan fingerprint density at radius 3 is 2.48 bits per heavy atom. The van der Waals surface area contributed by atoms with Gasteiger partial charge in [0.2, 0.25) is 0 Å². The fraction of sp³-hybridized carbons (Fsp3) is 0.333. The number of hydrogen-bond acceptors (Lipinski definition) is 4. The average Bonchev–Trinajstić information content (AvgIpc) is 2.93. The van der Waals surface area contributed by atoms with Crippen LogP contribution in [-0.4, -0.2) is 27.6 Å². The smallest absolute Gasteiger partial charge is 0.145 e. The van der Waals surface area contributed by atoms with E-state index in [1.54, 1.807) is 6.33 Å². The second kappa shape index (κ2) is 5.57. The lowest BCUT2D eigenvalue weighted by atomic mass is 10.1. The molecule has 0 amide bonds. The Kier molecular flexibility index (Phi) is 3.41. The van der Waals surface area contributed by atoms with Crippen LogP contribution in [0.25, 0.3) is 22.3 Å². The lowest BCUT2D eigenvalue weighted by Gasteiger charge is -2.27. The van der Waals surface area contributed by atoms with Crippen molar-refractivity contribution in [1.82, 2.24) is 14.5 Å². The van der Waals surface area contributed by atoms with Gasteiger partial charge >= 0.3 is 0 Å². The van der Waals surface area contributed by atoms with E-state index in [0.29, 0.717) is 0 Å². The minimum Gasteiger partial charge on any atom is -0.399 e. The van der Waals surface area contributed by atoms with Crippen LogP contribution in [0.3, 0.4) is 0 Å². The van der Waals surface area contributed by atoms with Crippen molar-refractivity contribution in [2.75, 3.05) is 23.7 Å². The first kappa shape index (κ1) is 14.1. The van der Waals surface area contributed by atoms with E-state index in [4.69, 9.17) is 5.73 Å². The molecule has 1 aromatic carbocycles. The average molecular weight is 307 g/mol. The van der Waals surface area contributed by atoms with Crippen LogP contribution in [0.1, 0.15) is 19.3 Å². The largest absolute Gasteiger partial charge is 0.399 e. The predicted octanol–water partition coefficient (Wildman–Crippen LogP) is 3.21. The predicted molar refractivity (Wildman–Crippen MR) is 94.4 cm³/mol. The van der Waals surface area contributed by atoms with Gasteiger partial charge in [-0.2, -0.15) is 0 Å². The van der Waals surface area contributed by atoms with E-state index in [1.807, 2.05) is 12.1 Å². The lowest BCUT2D eigenvalue weighted by molar-refractivity contribution is 0.574. The topological polar surface area (TPSA) is 60.0 Å². The third kappa shape index (κ3) is 2.42. The molecule has 118 valence electrons. The molecule has 3 heterocycles. The van der Waals surface area contributed by atoms with Crippen LogP contribution in [0.2, 0.25) is 0 Å². The maximum absolute atomic E-state index is 5.80. The number of hydrogen-bond donors (Lipinski definition) is 1. The van der Waals surface area contributed by atoms with Gasteiger partial charge in [-0.3, -0.25) is 0 Å². The molecule has 0 spiro atoms. The highest BCUT2D eigenvalue weighted by Gasteiger charge is 2.18. The summed E-state index contributed by atoms with van der Waals surface area (Å²) >= 11 is 0. The molecule has 1 aliphatic rings. The molecule has 1 fully saturated rings. The Morgan fingerprint density at radius 2 is 1.74 bits per heavy atom. The molecular formula is C18H21N5. The zero-order valence-corrected chi connectivity index (χ0v) is 13.4. The SMILES string of the molecule is Cn1c(-c2ccc(N)cc2)cc2c(N3CCCCC3)ncnc21. The van der Waals surface area contributed by atoms with Crippen LogP contribution in [0, 0.1) is 0 Å². The fourth-order valence-electron chi connectivity index (χ4n) is 3.41. The van der Waals surface area contributed by atoms with Crippen molar-refractivity contribution in [2.45, 2.75) is 19.3 Å². The van der Waals surface area contributed by atoms with Crippen LogP contribution in [0.5, 0.6) is 0 Å². The minimum atomic E-state index is 0.779. The summed E-state index contributed by atoms with van der Waals surface area (Å²) in [6.07, 6.45) is 5.47. The zero-order chi connectivity index (χ0) is 15.8. The summed E-state index contributed by atoms with van der Waals surface area (Å²) in [4.78, 5) is 11.5. The Bertz CT molecular complexity index is 828. The molecule has 1 aliphatic heterocycles. The van der Waals surface area contributed by atoms with E-state index in [2.05, 4.69) is 44.7 Å². The Morgan fingerprint density at radius 1 is 1.00 bits per heavy atom. The summed E-state index contributed by atoms with van der Waals surface area (Å²) < 4.78 is 2.13. The van der Waals surface area contributed by atoms with E-state index in [0.717, 1.165) is 46.9 Å². The van der Waals surface area contributed by atoms with E-state index >= 15 is 0 Å². The number of fused-ring (bicyclic) bond motifs is 1. The van der Waals surface area contributed by atoms with Crippen molar-refractivity contribution in [1.29, 1.82) is 0 Å². The second-order valence-corrected chi connectivity index (χ2v) is 6.19. The maximum Gasteiger partial charge on any atom is 0.145 e. The normalized spacial score (nSPS) is 15.3. The van der Waals surface area contributed by atoms with Crippen molar-refractivity contribution in [3.8, 4) is 11.3 Å². The van der Waals surface area contributed by atoms with Gasteiger partial charge in [0, 0.05) is 25.8 Å². The van der Waals surface area contributed by atoms with Crippen molar-refractivity contribution in [2.24, 2.45) is 7.05 Å². The molecule has 5 heteroatoms. The molecule has 4 rings (SSSR count). The standard InChI is InChI=1S/C18H21N5/c1-22-16(13-5-7-14(19)8-6-13)11-15-17(22)20-12-21-18(15)23-9-3-2-4-10-23/h5-8,11-12H,2-4,9-10,19H2,1H3. The van der Waals surface area contributed by atoms with E-state index < -0.39 is 0 Å². The number of anilines is 2.